The maximum atomic E-state index is 4.45. The second-order valence-corrected chi connectivity index (χ2v) is 17.3. The van der Waals surface area contributed by atoms with Gasteiger partial charge in [-0.05, 0) is 121 Å². The lowest BCUT2D eigenvalue weighted by atomic mass is 9.68. The summed E-state index contributed by atoms with van der Waals surface area (Å²) in [5.74, 6) is 0. The number of thiophene rings is 1. The largest absolute Gasteiger partial charge is 0.311 e. The minimum atomic E-state index is -0.497. The van der Waals surface area contributed by atoms with Crippen molar-refractivity contribution in [3.8, 4) is 44.5 Å². The normalized spacial score (nSPS) is 12.6. The van der Waals surface area contributed by atoms with Gasteiger partial charge in [0.05, 0.1) is 5.41 Å². The van der Waals surface area contributed by atoms with Crippen LogP contribution in [0.4, 0.5) is 17.1 Å². The zero-order valence-corrected chi connectivity index (χ0v) is 35.2. The molecule has 0 fully saturated rings. The summed E-state index contributed by atoms with van der Waals surface area (Å²) < 4.78 is 2.64. The lowest BCUT2D eigenvalue weighted by Gasteiger charge is -2.34. The Kier molecular flexibility index (Phi) is 8.95. The Morgan fingerprint density at radius 1 is 0.333 bits per heavy atom. The van der Waals surface area contributed by atoms with Crippen LogP contribution in [-0.4, -0.2) is 4.98 Å². The van der Waals surface area contributed by atoms with Gasteiger partial charge in [-0.2, -0.15) is 0 Å². The molecule has 3 heteroatoms. The molecule has 11 aromatic rings. The number of anilines is 3. The van der Waals surface area contributed by atoms with Gasteiger partial charge in [0.1, 0.15) is 0 Å². The first-order valence-corrected chi connectivity index (χ1v) is 22.3. The molecular formula is C60H40N2S. The summed E-state index contributed by atoms with van der Waals surface area (Å²) in [5, 5.41) is 2.63. The molecule has 0 bridgehead atoms. The number of rotatable bonds is 8. The lowest BCUT2D eigenvalue weighted by Crippen LogP contribution is -2.28. The number of hydrogen-bond donors (Lipinski definition) is 0. The Morgan fingerprint density at radius 2 is 0.778 bits per heavy atom. The number of nitrogens with zero attached hydrogens (tertiary/aromatic N) is 2. The van der Waals surface area contributed by atoms with Crippen LogP contribution in [0.1, 0.15) is 22.3 Å². The van der Waals surface area contributed by atoms with E-state index in [1.165, 1.54) is 86.9 Å². The fourth-order valence-corrected chi connectivity index (χ4v) is 11.3. The molecule has 0 N–H and O–H groups in total. The molecule has 0 saturated heterocycles. The van der Waals surface area contributed by atoms with Gasteiger partial charge in [0.25, 0.3) is 0 Å². The summed E-state index contributed by atoms with van der Waals surface area (Å²) in [6, 6.07) is 84.3. The summed E-state index contributed by atoms with van der Waals surface area (Å²) in [6.45, 7) is 0. The van der Waals surface area contributed by atoms with Crippen molar-refractivity contribution in [2.75, 3.05) is 4.90 Å². The molecule has 0 amide bonds. The Labute approximate surface area is 371 Å². The smallest absolute Gasteiger partial charge is 0.0714 e. The van der Waals surface area contributed by atoms with E-state index in [2.05, 4.69) is 240 Å². The Bertz CT molecular complexity index is 3380. The van der Waals surface area contributed by atoms with Gasteiger partial charge in [0.15, 0.2) is 0 Å². The predicted octanol–water partition coefficient (Wildman–Crippen LogP) is 16.3. The van der Waals surface area contributed by atoms with Gasteiger partial charge in [0, 0.05) is 49.6 Å². The summed E-state index contributed by atoms with van der Waals surface area (Å²) in [7, 11) is 0. The van der Waals surface area contributed by atoms with Crippen LogP contribution >= 0.6 is 11.3 Å². The van der Waals surface area contributed by atoms with E-state index in [1.807, 2.05) is 23.7 Å². The maximum Gasteiger partial charge on any atom is 0.0714 e. The molecule has 12 rings (SSSR count). The highest BCUT2D eigenvalue weighted by atomic mass is 32.1. The standard InChI is InChI=1S/C60H40N2S/c1-2-13-41(14-3-1)49-15-4-5-16-50(49)42-25-31-46(32-26-42)62(47-33-27-43(28-34-47)51-20-12-21-55-54-19-8-11-24-58(54)63-59(51)55)48-35-29-44(30-36-48)60(45-37-39-61-40-38-45)56-22-9-6-17-52(56)53-18-7-10-23-57(53)60/h1-40H. The Balaban J connectivity index is 0.990. The van der Waals surface area contributed by atoms with Gasteiger partial charge in [-0.1, -0.05) is 176 Å². The highest BCUT2D eigenvalue weighted by Gasteiger charge is 2.45. The number of aromatic nitrogens is 1. The van der Waals surface area contributed by atoms with Gasteiger partial charge < -0.3 is 4.90 Å². The fourth-order valence-electron chi connectivity index (χ4n) is 10.1. The third-order valence-corrected chi connectivity index (χ3v) is 14.1. The highest BCUT2D eigenvalue weighted by molar-refractivity contribution is 7.26. The average molecular weight is 821 g/mol. The van der Waals surface area contributed by atoms with Crippen LogP contribution in [0.5, 0.6) is 0 Å². The van der Waals surface area contributed by atoms with E-state index in [4.69, 9.17) is 0 Å². The Hall–Kier alpha value is -7.85. The molecule has 0 aliphatic heterocycles. The predicted molar refractivity (Wildman–Crippen MR) is 265 cm³/mol. The molecule has 2 aromatic heterocycles. The first kappa shape index (κ1) is 37.0. The van der Waals surface area contributed by atoms with Gasteiger partial charge >= 0.3 is 0 Å². The SMILES string of the molecule is c1ccc(-c2ccccc2-c2ccc(N(c3ccc(-c4cccc5c4sc4ccccc45)cc3)c3ccc(C4(c5ccncc5)c5ccccc5-c5ccccc54)cc3)cc2)cc1. The number of fused-ring (bicyclic) bond motifs is 6. The van der Waals surface area contributed by atoms with Crippen LogP contribution in [0.15, 0.2) is 243 Å². The average Bonchev–Trinajstić information content (AvgIpc) is 3.90. The minimum absolute atomic E-state index is 0.497. The van der Waals surface area contributed by atoms with Gasteiger partial charge in [-0.3, -0.25) is 4.98 Å². The van der Waals surface area contributed by atoms with Crippen molar-refractivity contribution in [2.24, 2.45) is 0 Å². The van der Waals surface area contributed by atoms with E-state index in [-0.39, 0.29) is 0 Å². The first-order valence-electron chi connectivity index (χ1n) is 21.5. The molecular weight excluding hydrogens is 781 g/mol. The van der Waals surface area contributed by atoms with E-state index >= 15 is 0 Å². The topological polar surface area (TPSA) is 16.1 Å². The summed E-state index contributed by atoms with van der Waals surface area (Å²) in [6.07, 6.45) is 3.84. The number of pyridine rings is 1. The quantitative estimate of drug-likeness (QED) is 0.152. The molecule has 63 heavy (non-hydrogen) atoms. The van der Waals surface area contributed by atoms with Crippen molar-refractivity contribution in [2.45, 2.75) is 5.41 Å². The fraction of sp³-hybridized carbons (Fsp3) is 0.0167. The summed E-state index contributed by atoms with van der Waals surface area (Å²) in [5.41, 5.74) is 17.6. The molecule has 0 spiro atoms. The molecule has 296 valence electrons. The lowest BCUT2D eigenvalue weighted by molar-refractivity contribution is 0.766. The maximum absolute atomic E-state index is 4.45. The summed E-state index contributed by atoms with van der Waals surface area (Å²) >= 11 is 1.87. The van der Waals surface area contributed by atoms with E-state index in [1.54, 1.807) is 0 Å². The van der Waals surface area contributed by atoms with Crippen LogP contribution in [0.25, 0.3) is 64.7 Å². The first-order chi connectivity index (χ1) is 31.3. The van der Waals surface area contributed by atoms with Crippen molar-refractivity contribution >= 4 is 48.6 Å². The van der Waals surface area contributed by atoms with Crippen molar-refractivity contribution in [1.29, 1.82) is 0 Å². The summed E-state index contributed by atoms with van der Waals surface area (Å²) in [4.78, 5) is 6.83. The molecule has 0 saturated carbocycles. The molecule has 0 unspecified atom stereocenters. The molecule has 0 radical (unpaired) electrons. The monoisotopic (exact) mass is 820 g/mol. The zero-order valence-electron chi connectivity index (χ0n) is 34.4. The van der Waals surface area contributed by atoms with Crippen molar-refractivity contribution in [3.63, 3.8) is 0 Å². The minimum Gasteiger partial charge on any atom is -0.311 e. The number of hydrogen-bond acceptors (Lipinski definition) is 3. The third kappa shape index (κ3) is 6.04. The van der Waals surface area contributed by atoms with E-state index < -0.39 is 5.41 Å². The second kappa shape index (κ2) is 15.3. The van der Waals surface area contributed by atoms with Gasteiger partial charge in [0.2, 0.25) is 0 Å². The molecule has 1 aliphatic rings. The molecule has 9 aromatic carbocycles. The zero-order chi connectivity index (χ0) is 41.7. The second-order valence-electron chi connectivity index (χ2n) is 16.2. The van der Waals surface area contributed by atoms with Crippen LogP contribution in [0, 0.1) is 0 Å². The van der Waals surface area contributed by atoms with E-state index in [9.17, 15) is 0 Å². The van der Waals surface area contributed by atoms with Gasteiger partial charge in [-0.15, -0.1) is 11.3 Å². The number of benzene rings is 9. The van der Waals surface area contributed by atoms with E-state index in [0.717, 1.165) is 17.1 Å². The van der Waals surface area contributed by atoms with Crippen molar-refractivity contribution in [1.82, 2.24) is 4.98 Å². The Morgan fingerprint density at radius 3 is 1.40 bits per heavy atom. The van der Waals surface area contributed by atoms with Crippen molar-refractivity contribution < 1.29 is 0 Å². The van der Waals surface area contributed by atoms with Crippen LogP contribution in [0.2, 0.25) is 0 Å². The third-order valence-electron chi connectivity index (χ3n) is 12.9. The molecule has 1 aliphatic carbocycles. The molecule has 0 atom stereocenters. The molecule has 2 heterocycles. The van der Waals surface area contributed by atoms with Crippen LogP contribution in [-0.2, 0) is 5.41 Å². The molecule has 2 nitrogen and oxygen atoms in total. The van der Waals surface area contributed by atoms with Crippen molar-refractivity contribution in [3.05, 3.63) is 265 Å². The highest BCUT2D eigenvalue weighted by Crippen LogP contribution is 2.56. The van der Waals surface area contributed by atoms with Crippen LogP contribution in [0.3, 0.4) is 0 Å². The van der Waals surface area contributed by atoms with Gasteiger partial charge in [-0.25, -0.2) is 0 Å². The van der Waals surface area contributed by atoms with Crippen LogP contribution < -0.4 is 4.90 Å². The van der Waals surface area contributed by atoms with E-state index in [0.29, 0.717) is 0 Å².